The highest BCUT2D eigenvalue weighted by Gasteiger charge is 2.57. The molecule has 1 heterocycles. The van der Waals surface area contributed by atoms with Gasteiger partial charge in [-0.05, 0) is 30.5 Å². The Bertz CT molecular complexity index is 690. The first-order valence-electron chi connectivity index (χ1n) is 7.31. The normalized spacial score (nSPS) is 22.1. The van der Waals surface area contributed by atoms with Gasteiger partial charge in [0.15, 0.2) is 0 Å². The summed E-state index contributed by atoms with van der Waals surface area (Å²) in [5.41, 5.74) is 3.39. The minimum absolute atomic E-state index is 0.0234. The number of hydrogen-bond donors (Lipinski definition) is 1. The molecule has 1 aliphatic heterocycles. The molecule has 0 unspecified atom stereocenters. The number of halogens is 6. The molecule has 3 nitrogen and oxygen atoms in total. The molecular formula is C15H14F6N2O. The van der Waals surface area contributed by atoms with E-state index in [-0.39, 0.29) is 24.1 Å². The third kappa shape index (κ3) is 2.59. The molecule has 1 aromatic carbocycles. The highest BCUT2D eigenvalue weighted by molar-refractivity contribution is 6.08. The van der Waals surface area contributed by atoms with Crippen LogP contribution in [0.15, 0.2) is 12.1 Å². The lowest BCUT2D eigenvalue weighted by Crippen LogP contribution is -2.47. The number of fused-ring (bicyclic) bond motifs is 2. The minimum Gasteiger partial charge on any atom is -0.399 e. The van der Waals surface area contributed by atoms with Gasteiger partial charge < -0.3 is 5.73 Å². The van der Waals surface area contributed by atoms with E-state index < -0.39 is 54.3 Å². The summed E-state index contributed by atoms with van der Waals surface area (Å²) < 4.78 is 79.6. The zero-order valence-electron chi connectivity index (χ0n) is 12.4. The molecule has 2 N–H and O–H groups in total. The second kappa shape index (κ2) is 5.03. The van der Waals surface area contributed by atoms with Gasteiger partial charge in [0.1, 0.15) is 12.4 Å². The SMILES string of the molecule is Nc1cc(F)c2c(c1)C1(CCC(F)(F)CC1)C(=O)N2CC(F)(F)F. The topological polar surface area (TPSA) is 46.3 Å². The molecule has 3 rings (SSSR count). The average Bonchev–Trinajstić information content (AvgIpc) is 2.63. The van der Waals surface area contributed by atoms with E-state index >= 15 is 0 Å². The van der Waals surface area contributed by atoms with Crippen LogP contribution in [0, 0.1) is 5.82 Å². The summed E-state index contributed by atoms with van der Waals surface area (Å²) in [7, 11) is 0. The molecule has 1 amide bonds. The van der Waals surface area contributed by atoms with E-state index in [1.54, 1.807) is 0 Å². The second-order valence-corrected chi connectivity index (χ2v) is 6.34. The smallest absolute Gasteiger partial charge is 0.399 e. The number of hydrogen-bond acceptors (Lipinski definition) is 2. The molecule has 0 aromatic heterocycles. The predicted molar refractivity (Wildman–Crippen MR) is 74.3 cm³/mol. The van der Waals surface area contributed by atoms with Crippen molar-refractivity contribution in [1.29, 1.82) is 0 Å². The molecule has 0 radical (unpaired) electrons. The summed E-state index contributed by atoms with van der Waals surface area (Å²) in [5.74, 6) is -5.03. The van der Waals surface area contributed by atoms with Crippen molar-refractivity contribution in [2.75, 3.05) is 17.2 Å². The van der Waals surface area contributed by atoms with Gasteiger partial charge in [0, 0.05) is 18.5 Å². The fourth-order valence-corrected chi connectivity index (χ4v) is 3.59. The number of nitrogen functional groups attached to an aromatic ring is 1. The molecule has 24 heavy (non-hydrogen) atoms. The third-order valence-electron chi connectivity index (χ3n) is 4.70. The molecule has 1 spiro atoms. The van der Waals surface area contributed by atoms with E-state index in [2.05, 4.69) is 0 Å². The number of anilines is 2. The van der Waals surface area contributed by atoms with Gasteiger partial charge in [-0.2, -0.15) is 13.2 Å². The Morgan fingerprint density at radius 1 is 1.12 bits per heavy atom. The zero-order valence-corrected chi connectivity index (χ0v) is 12.4. The molecule has 1 aliphatic carbocycles. The van der Waals surface area contributed by atoms with Crippen LogP contribution in [0.5, 0.6) is 0 Å². The van der Waals surface area contributed by atoms with Crippen molar-refractivity contribution >= 4 is 17.3 Å². The maximum absolute atomic E-state index is 14.3. The Labute approximate surface area is 133 Å². The van der Waals surface area contributed by atoms with Gasteiger partial charge in [-0.3, -0.25) is 9.69 Å². The fourth-order valence-electron chi connectivity index (χ4n) is 3.59. The molecule has 2 aliphatic rings. The Morgan fingerprint density at radius 3 is 2.25 bits per heavy atom. The Balaban J connectivity index is 2.12. The highest BCUT2D eigenvalue weighted by atomic mass is 19.4. The monoisotopic (exact) mass is 352 g/mol. The Kier molecular flexibility index (Phi) is 3.55. The van der Waals surface area contributed by atoms with E-state index in [0.29, 0.717) is 4.90 Å². The average molecular weight is 352 g/mol. The molecule has 0 bridgehead atoms. The van der Waals surface area contributed by atoms with Crippen molar-refractivity contribution in [1.82, 2.24) is 0 Å². The molecule has 1 fully saturated rings. The Hall–Kier alpha value is -1.93. The van der Waals surface area contributed by atoms with E-state index in [4.69, 9.17) is 5.73 Å². The van der Waals surface area contributed by atoms with Crippen LogP contribution in [-0.2, 0) is 10.2 Å². The van der Waals surface area contributed by atoms with Gasteiger partial charge in [-0.1, -0.05) is 0 Å². The summed E-state index contributed by atoms with van der Waals surface area (Å²) in [6.07, 6.45) is -6.72. The van der Waals surface area contributed by atoms with Crippen molar-refractivity contribution < 1.29 is 31.1 Å². The van der Waals surface area contributed by atoms with Crippen LogP contribution in [0.3, 0.4) is 0 Å². The third-order valence-corrected chi connectivity index (χ3v) is 4.70. The molecule has 0 saturated heterocycles. The van der Waals surface area contributed by atoms with Gasteiger partial charge in [-0.25, -0.2) is 13.2 Å². The molecule has 0 atom stereocenters. The van der Waals surface area contributed by atoms with E-state index in [1.165, 1.54) is 6.07 Å². The van der Waals surface area contributed by atoms with E-state index in [1.807, 2.05) is 0 Å². The quantitative estimate of drug-likeness (QED) is 0.618. The number of alkyl halides is 5. The minimum atomic E-state index is -4.75. The van der Waals surface area contributed by atoms with Crippen LogP contribution in [0.1, 0.15) is 31.2 Å². The summed E-state index contributed by atoms with van der Waals surface area (Å²) >= 11 is 0. The predicted octanol–water partition coefficient (Wildman–Crippen LogP) is 3.76. The van der Waals surface area contributed by atoms with Crippen LogP contribution in [0.25, 0.3) is 0 Å². The largest absolute Gasteiger partial charge is 0.406 e. The standard InChI is InChI=1S/C15H14F6N2O/c16-10-6-8(22)5-9-11(10)23(7-15(19,20)21)12(24)13(9)1-3-14(17,18)4-2-13/h5-6H,1-4,7,22H2. The maximum Gasteiger partial charge on any atom is 0.406 e. The second-order valence-electron chi connectivity index (χ2n) is 6.34. The first-order valence-corrected chi connectivity index (χ1v) is 7.31. The van der Waals surface area contributed by atoms with Gasteiger partial charge in [0.05, 0.1) is 11.1 Å². The zero-order chi connectivity index (χ0) is 17.9. The number of nitrogens with two attached hydrogens (primary N) is 1. The number of benzene rings is 1. The van der Waals surface area contributed by atoms with Crippen LogP contribution < -0.4 is 10.6 Å². The Morgan fingerprint density at radius 2 is 1.71 bits per heavy atom. The van der Waals surface area contributed by atoms with E-state index in [9.17, 15) is 31.1 Å². The van der Waals surface area contributed by atoms with Crippen LogP contribution in [0.4, 0.5) is 37.7 Å². The van der Waals surface area contributed by atoms with Gasteiger partial charge in [0.2, 0.25) is 11.8 Å². The van der Waals surface area contributed by atoms with Crippen molar-refractivity contribution in [3.63, 3.8) is 0 Å². The van der Waals surface area contributed by atoms with E-state index in [0.717, 1.165) is 6.07 Å². The van der Waals surface area contributed by atoms with Gasteiger partial charge in [0.25, 0.3) is 0 Å². The van der Waals surface area contributed by atoms with Gasteiger partial charge >= 0.3 is 6.18 Å². The lowest BCUT2D eigenvalue weighted by molar-refractivity contribution is -0.137. The highest BCUT2D eigenvalue weighted by Crippen LogP contribution is 2.54. The number of carbonyl (C=O) groups excluding carboxylic acids is 1. The summed E-state index contributed by atoms with van der Waals surface area (Å²) in [4.78, 5) is 13.0. The van der Waals surface area contributed by atoms with Crippen molar-refractivity contribution in [3.05, 3.63) is 23.5 Å². The first-order chi connectivity index (χ1) is 11.0. The number of amides is 1. The van der Waals surface area contributed by atoms with Crippen molar-refractivity contribution in [2.24, 2.45) is 0 Å². The summed E-state index contributed by atoms with van der Waals surface area (Å²) in [6.45, 7) is -1.67. The van der Waals surface area contributed by atoms with Crippen LogP contribution in [-0.4, -0.2) is 24.6 Å². The maximum atomic E-state index is 14.3. The lowest BCUT2D eigenvalue weighted by Gasteiger charge is -2.36. The lowest BCUT2D eigenvalue weighted by atomic mass is 9.69. The van der Waals surface area contributed by atoms with Crippen LogP contribution in [0.2, 0.25) is 0 Å². The van der Waals surface area contributed by atoms with Crippen LogP contribution >= 0.6 is 0 Å². The molecule has 9 heteroatoms. The number of carbonyl (C=O) groups is 1. The summed E-state index contributed by atoms with van der Waals surface area (Å²) in [6, 6.07) is 2.04. The molecule has 1 saturated carbocycles. The molecule has 1 aromatic rings. The number of rotatable bonds is 1. The number of nitrogens with zero attached hydrogens (tertiary/aromatic N) is 1. The molecule has 132 valence electrons. The van der Waals surface area contributed by atoms with Crippen molar-refractivity contribution in [2.45, 2.75) is 43.2 Å². The summed E-state index contributed by atoms with van der Waals surface area (Å²) in [5, 5.41) is 0. The molecular weight excluding hydrogens is 338 g/mol. The van der Waals surface area contributed by atoms with Crippen molar-refractivity contribution in [3.8, 4) is 0 Å². The van der Waals surface area contributed by atoms with Gasteiger partial charge in [-0.15, -0.1) is 0 Å². The first kappa shape index (κ1) is 16.9. The fraction of sp³-hybridized carbons (Fsp3) is 0.533.